The van der Waals surface area contributed by atoms with Crippen LogP contribution in [0.2, 0.25) is 10.3 Å². The maximum Gasteiger partial charge on any atom is 0.256 e. The van der Waals surface area contributed by atoms with Crippen LogP contribution in [0.1, 0.15) is 17.0 Å². The van der Waals surface area contributed by atoms with Crippen molar-refractivity contribution in [2.75, 3.05) is 0 Å². The lowest BCUT2D eigenvalue weighted by molar-refractivity contribution is -0.691. The van der Waals surface area contributed by atoms with Crippen LogP contribution in [0.15, 0.2) is 84.9 Å². The van der Waals surface area contributed by atoms with Crippen LogP contribution in [0.4, 0.5) is 0 Å². The molecule has 1 aromatic heterocycles. The number of halogens is 2. The molecule has 5 rings (SSSR count). The van der Waals surface area contributed by atoms with Crippen LogP contribution < -0.4 is 4.57 Å². The van der Waals surface area contributed by atoms with E-state index in [-0.39, 0.29) is 0 Å². The average molecular weight is 432 g/mol. The standard InChI is InChI=1S/C26H21Cl2N2/c1-18-29(16-19-10-12-21-6-2-4-8-23(21)14-19)25(27)26(28)30(18)17-20-11-13-22-7-3-5-9-24(22)15-20/h2-15H,16-17H2,1H3/q+1. The van der Waals surface area contributed by atoms with Crippen molar-refractivity contribution in [3.05, 3.63) is 112 Å². The van der Waals surface area contributed by atoms with Gasteiger partial charge in [-0.1, -0.05) is 72.8 Å². The van der Waals surface area contributed by atoms with Gasteiger partial charge >= 0.3 is 0 Å². The Morgan fingerprint density at radius 1 is 0.700 bits per heavy atom. The van der Waals surface area contributed by atoms with E-state index < -0.39 is 0 Å². The molecule has 0 bridgehead atoms. The summed E-state index contributed by atoms with van der Waals surface area (Å²) < 4.78 is 4.16. The molecular weight excluding hydrogens is 411 g/mol. The minimum Gasteiger partial charge on any atom is -0.212 e. The van der Waals surface area contributed by atoms with E-state index in [1.165, 1.54) is 32.7 Å². The SMILES string of the molecule is Cc1n(Cc2ccc3ccccc3c2)c(Cl)c(Cl)[n+]1Cc1ccc2ccccc2c1. The van der Waals surface area contributed by atoms with Gasteiger partial charge in [0, 0.05) is 6.92 Å². The normalized spacial score (nSPS) is 11.4. The van der Waals surface area contributed by atoms with Gasteiger partial charge in [-0.05, 0) is 68.0 Å². The third-order valence-electron chi connectivity index (χ3n) is 5.73. The smallest absolute Gasteiger partial charge is 0.212 e. The highest BCUT2D eigenvalue weighted by Crippen LogP contribution is 2.25. The van der Waals surface area contributed by atoms with E-state index in [0.717, 1.165) is 5.82 Å². The Bertz CT molecular complexity index is 1280. The molecule has 0 radical (unpaired) electrons. The summed E-state index contributed by atoms with van der Waals surface area (Å²) in [4.78, 5) is 0. The van der Waals surface area contributed by atoms with Crippen molar-refractivity contribution in [2.45, 2.75) is 20.0 Å². The molecule has 0 fully saturated rings. The lowest BCUT2D eigenvalue weighted by atomic mass is 10.1. The minimum atomic E-state index is 0.572. The van der Waals surface area contributed by atoms with E-state index in [4.69, 9.17) is 23.2 Å². The number of rotatable bonds is 4. The first kappa shape index (κ1) is 19.2. The van der Waals surface area contributed by atoms with E-state index in [9.17, 15) is 0 Å². The number of hydrogen-bond acceptors (Lipinski definition) is 0. The fraction of sp³-hybridized carbons (Fsp3) is 0.115. The summed E-state index contributed by atoms with van der Waals surface area (Å²) >= 11 is 13.3. The fourth-order valence-electron chi connectivity index (χ4n) is 4.06. The first-order chi connectivity index (χ1) is 14.6. The molecule has 0 saturated heterocycles. The molecule has 0 aliphatic heterocycles. The molecule has 0 saturated carbocycles. The molecule has 30 heavy (non-hydrogen) atoms. The van der Waals surface area contributed by atoms with Gasteiger partial charge in [0.15, 0.2) is 0 Å². The van der Waals surface area contributed by atoms with Gasteiger partial charge in [0.05, 0.1) is 0 Å². The monoisotopic (exact) mass is 431 g/mol. The van der Waals surface area contributed by atoms with Crippen LogP contribution in [0, 0.1) is 6.92 Å². The van der Waals surface area contributed by atoms with Crippen molar-refractivity contribution in [1.29, 1.82) is 0 Å². The number of hydrogen-bond donors (Lipinski definition) is 0. The van der Waals surface area contributed by atoms with Crippen molar-refractivity contribution >= 4 is 44.7 Å². The zero-order chi connectivity index (χ0) is 20.7. The summed E-state index contributed by atoms with van der Waals surface area (Å²) in [5, 5.41) is 6.07. The van der Waals surface area contributed by atoms with Gasteiger partial charge in [0.2, 0.25) is 0 Å². The zero-order valence-corrected chi connectivity index (χ0v) is 18.2. The molecule has 0 N–H and O–H groups in total. The van der Waals surface area contributed by atoms with Gasteiger partial charge in [0.1, 0.15) is 13.1 Å². The van der Waals surface area contributed by atoms with Crippen molar-refractivity contribution in [3.63, 3.8) is 0 Å². The molecule has 2 nitrogen and oxygen atoms in total. The van der Waals surface area contributed by atoms with Crippen LogP contribution in [-0.4, -0.2) is 4.57 Å². The molecule has 0 aliphatic carbocycles. The van der Waals surface area contributed by atoms with Crippen molar-refractivity contribution in [1.82, 2.24) is 4.57 Å². The van der Waals surface area contributed by atoms with E-state index in [0.29, 0.717) is 23.4 Å². The van der Waals surface area contributed by atoms with Crippen LogP contribution in [0.25, 0.3) is 21.5 Å². The Balaban J connectivity index is 1.48. The highest BCUT2D eigenvalue weighted by atomic mass is 35.5. The largest absolute Gasteiger partial charge is 0.256 e. The predicted molar refractivity (Wildman–Crippen MR) is 125 cm³/mol. The second-order valence-corrected chi connectivity index (χ2v) is 8.38. The van der Waals surface area contributed by atoms with Gasteiger partial charge in [-0.2, -0.15) is 0 Å². The number of aromatic nitrogens is 2. The average Bonchev–Trinajstić information content (AvgIpc) is 2.97. The maximum atomic E-state index is 6.66. The van der Waals surface area contributed by atoms with E-state index in [1.54, 1.807) is 0 Å². The van der Waals surface area contributed by atoms with Gasteiger partial charge in [-0.15, -0.1) is 0 Å². The Morgan fingerprint density at radius 2 is 1.23 bits per heavy atom. The van der Waals surface area contributed by atoms with Crippen molar-refractivity contribution in [2.24, 2.45) is 0 Å². The van der Waals surface area contributed by atoms with E-state index in [1.807, 2.05) is 0 Å². The number of imidazole rings is 1. The van der Waals surface area contributed by atoms with Gasteiger partial charge in [-0.3, -0.25) is 0 Å². The van der Waals surface area contributed by atoms with Crippen LogP contribution >= 0.6 is 23.2 Å². The molecular formula is C26H21Cl2N2+. The third kappa shape index (κ3) is 3.47. The van der Waals surface area contributed by atoms with Crippen LogP contribution in [-0.2, 0) is 13.1 Å². The molecule has 0 unspecified atom stereocenters. The summed E-state index contributed by atoms with van der Waals surface area (Å²) in [6.07, 6.45) is 0. The molecule has 0 spiro atoms. The first-order valence-electron chi connectivity index (χ1n) is 9.99. The van der Waals surface area contributed by atoms with E-state index >= 15 is 0 Å². The molecule has 148 valence electrons. The van der Waals surface area contributed by atoms with Gasteiger partial charge in [0.25, 0.3) is 16.1 Å². The fourth-order valence-corrected chi connectivity index (χ4v) is 4.63. The zero-order valence-electron chi connectivity index (χ0n) is 16.6. The lowest BCUT2D eigenvalue weighted by Crippen LogP contribution is -2.37. The molecule has 5 aromatic rings. The summed E-state index contributed by atoms with van der Waals surface area (Å²) in [6, 6.07) is 29.8. The summed E-state index contributed by atoms with van der Waals surface area (Å²) in [5.41, 5.74) is 2.39. The summed E-state index contributed by atoms with van der Waals surface area (Å²) in [5.74, 6) is 1.03. The molecule has 4 heteroatoms. The topological polar surface area (TPSA) is 8.81 Å². The Morgan fingerprint density at radius 3 is 1.87 bits per heavy atom. The lowest BCUT2D eigenvalue weighted by Gasteiger charge is -2.05. The minimum absolute atomic E-state index is 0.572. The predicted octanol–water partition coefficient (Wildman–Crippen LogP) is 6.79. The number of benzene rings is 4. The van der Waals surface area contributed by atoms with Crippen molar-refractivity contribution in [3.8, 4) is 0 Å². The quantitative estimate of drug-likeness (QED) is 0.277. The Hall–Kier alpha value is -2.81. The maximum absolute atomic E-state index is 6.66. The van der Waals surface area contributed by atoms with E-state index in [2.05, 4.69) is 101 Å². The second kappa shape index (κ2) is 7.79. The van der Waals surface area contributed by atoms with Gasteiger partial charge in [-0.25, -0.2) is 9.13 Å². The summed E-state index contributed by atoms with van der Waals surface area (Å²) in [7, 11) is 0. The second-order valence-electron chi connectivity index (χ2n) is 7.66. The van der Waals surface area contributed by atoms with Gasteiger partial charge < -0.3 is 0 Å². The number of nitrogens with zero attached hydrogens (tertiary/aromatic N) is 2. The molecule has 0 amide bonds. The van der Waals surface area contributed by atoms with Crippen LogP contribution in [0.3, 0.4) is 0 Å². The molecule has 0 aliphatic rings. The highest BCUT2D eigenvalue weighted by molar-refractivity contribution is 6.39. The summed E-state index contributed by atoms with van der Waals surface area (Å²) in [6.45, 7) is 3.43. The Labute approximate surface area is 185 Å². The highest BCUT2D eigenvalue weighted by Gasteiger charge is 2.26. The van der Waals surface area contributed by atoms with Crippen molar-refractivity contribution < 1.29 is 4.57 Å². The van der Waals surface area contributed by atoms with Crippen LogP contribution in [0.5, 0.6) is 0 Å². The Kier molecular flexibility index (Phi) is 4.98. The third-order valence-corrected chi connectivity index (χ3v) is 6.60. The molecule has 0 atom stereocenters. The molecule has 1 heterocycles. The first-order valence-corrected chi connectivity index (χ1v) is 10.7. The molecule has 4 aromatic carbocycles. The number of fused-ring (bicyclic) bond motifs is 2.